The van der Waals surface area contributed by atoms with Gasteiger partial charge in [-0.1, -0.05) is 38.1 Å². The highest BCUT2D eigenvalue weighted by Gasteiger charge is 2.17. The minimum absolute atomic E-state index is 0.280. The summed E-state index contributed by atoms with van der Waals surface area (Å²) in [7, 11) is -1.85. The average molecular weight is 423 g/mol. The molecule has 0 amide bonds. The van der Waals surface area contributed by atoms with Crippen LogP contribution in [0.1, 0.15) is 30.9 Å². The third-order valence-corrected chi connectivity index (χ3v) is 6.50. The number of hydrogen-bond acceptors (Lipinski definition) is 4. The van der Waals surface area contributed by atoms with Crippen molar-refractivity contribution in [1.29, 1.82) is 0 Å². The van der Waals surface area contributed by atoms with Crippen molar-refractivity contribution in [2.45, 2.75) is 36.1 Å². The normalized spacial score (nSPS) is 12.1. The third-order valence-electron chi connectivity index (χ3n) is 4.72. The molecule has 0 unspecified atom stereocenters. The predicted molar refractivity (Wildman–Crippen MR) is 120 cm³/mol. The van der Waals surface area contributed by atoms with Gasteiger partial charge in [0.2, 0.25) is 9.84 Å². The van der Waals surface area contributed by atoms with Gasteiger partial charge in [-0.05, 0) is 53.4 Å². The summed E-state index contributed by atoms with van der Waals surface area (Å²) >= 11 is 0. The summed E-state index contributed by atoms with van der Waals surface area (Å²) in [5.74, 6) is 0.973. The number of nitrogens with zero attached hydrogens (tertiary/aromatic N) is 2. The van der Waals surface area contributed by atoms with Gasteiger partial charge in [0.05, 0.1) is 9.79 Å². The zero-order valence-corrected chi connectivity index (χ0v) is 18.1. The number of pyridine rings is 1. The number of hydrogen-bond donors (Lipinski definition) is 2. The van der Waals surface area contributed by atoms with Crippen LogP contribution in [0.5, 0.6) is 0 Å². The minimum atomic E-state index is -3.54. The van der Waals surface area contributed by atoms with E-state index in [1.807, 2.05) is 36.4 Å². The average Bonchev–Trinajstić information content (AvgIpc) is 2.77. The molecule has 6 nitrogen and oxygen atoms in total. The summed E-state index contributed by atoms with van der Waals surface area (Å²) in [4.78, 5) is 8.76. The van der Waals surface area contributed by atoms with E-state index in [0.717, 1.165) is 16.8 Å². The fraction of sp³-hybridized carbons (Fsp3) is 0.217. The zero-order chi connectivity index (χ0) is 21.6. The van der Waals surface area contributed by atoms with Crippen molar-refractivity contribution in [2.24, 2.45) is 4.99 Å². The molecular formula is C23H26N4O2S. The van der Waals surface area contributed by atoms with Crippen molar-refractivity contribution in [3.63, 3.8) is 0 Å². The summed E-state index contributed by atoms with van der Waals surface area (Å²) in [6.07, 6.45) is 3.40. The molecule has 3 aromatic rings. The van der Waals surface area contributed by atoms with Gasteiger partial charge in [0.25, 0.3) is 0 Å². The Balaban J connectivity index is 1.66. The van der Waals surface area contributed by atoms with Gasteiger partial charge < -0.3 is 10.6 Å². The van der Waals surface area contributed by atoms with Gasteiger partial charge in [-0.3, -0.25) is 9.98 Å². The van der Waals surface area contributed by atoms with E-state index in [1.165, 1.54) is 0 Å². The maximum atomic E-state index is 12.9. The first-order chi connectivity index (χ1) is 14.4. The number of guanidine groups is 1. The van der Waals surface area contributed by atoms with Crippen LogP contribution in [0.4, 0.5) is 5.69 Å². The highest BCUT2D eigenvalue weighted by atomic mass is 32.2. The molecule has 0 aliphatic carbocycles. The Hall–Kier alpha value is -3.19. The standard InChI is InChI=1S/C23H26N4O2S/c1-17(2)19-6-10-22(11-7-19)30(28,29)21-8-4-18(5-9-21)16-26-23(24-3)27-20-12-14-25-15-13-20/h4-15,17H,16H2,1-3H3,(H2,24,25,26,27). The van der Waals surface area contributed by atoms with Crippen LogP contribution in [0.2, 0.25) is 0 Å². The van der Waals surface area contributed by atoms with Gasteiger partial charge in [0.15, 0.2) is 5.96 Å². The number of sulfone groups is 1. The molecule has 2 N–H and O–H groups in total. The number of aromatic nitrogens is 1. The molecule has 0 radical (unpaired) electrons. The molecule has 0 spiro atoms. The van der Waals surface area contributed by atoms with Crippen LogP contribution >= 0.6 is 0 Å². The highest BCUT2D eigenvalue weighted by molar-refractivity contribution is 7.91. The van der Waals surface area contributed by atoms with Crippen LogP contribution in [0.25, 0.3) is 0 Å². The molecule has 0 aliphatic heterocycles. The summed E-state index contributed by atoms with van der Waals surface area (Å²) in [5, 5.41) is 6.38. The number of nitrogens with one attached hydrogen (secondary N) is 2. The number of aliphatic imine (C=N–C) groups is 1. The number of anilines is 1. The third kappa shape index (κ3) is 5.24. The molecule has 1 aromatic heterocycles. The van der Waals surface area contributed by atoms with Gasteiger partial charge in [0, 0.05) is 31.7 Å². The van der Waals surface area contributed by atoms with Crippen LogP contribution in [0, 0.1) is 0 Å². The number of rotatable bonds is 6. The second kappa shape index (κ2) is 9.54. The fourth-order valence-corrected chi connectivity index (χ4v) is 4.15. The van der Waals surface area contributed by atoms with Crippen LogP contribution < -0.4 is 10.6 Å². The van der Waals surface area contributed by atoms with Crippen molar-refractivity contribution in [1.82, 2.24) is 10.3 Å². The largest absolute Gasteiger partial charge is 0.352 e. The molecular weight excluding hydrogens is 396 g/mol. The Labute approximate surface area is 178 Å². The van der Waals surface area contributed by atoms with Crippen LogP contribution in [-0.4, -0.2) is 26.4 Å². The Morgan fingerprint density at radius 2 is 1.50 bits per heavy atom. The van der Waals surface area contributed by atoms with Crippen molar-refractivity contribution >= 4 is 21.5 Å². The molecule has 0 fully saturated rings. The van der Waals surface area contributed by atoms with Gasteiger partial charge >= 0.3 is 0 Å². The van der Waals surface area contributed by atoms with E-state index < -0.39 is 9.84 Å². The highest BCUT2D eigenvalue weighted by Crippen LogP contribution is 2.23. The van der Waals surface area contributed by atoms with Gasteiger partial charge in [-0.2, -0.15) is 0 Å². The SMILES string of the molecule is CN=C(NCc1ccc(S(=O)(=O)c2ccc(C(C)C)cc2)cc1)Nc1ccncc1. The maximum absolute atomic E-state index is 12.9. The Kier molecular flexibility index (Phi) is 6.84. The first-order valence-corrected chi connectivity index (χ1v) is 11.2. The van der Waals surface area contributed by atoms with Gasteiger partial charge in [-0.25, -0.2) is 8.42 Å². The second-order valence-electron chi connectivity index (χ2n) is 7.16. The minimum Gasteiger partial charge on any atom is -0.352 e. The van der Waals surface area contributed by atoms with Crippen LogP contribution in [-0.2, 0) is 16.4 Å². The zero-order valence-electron chi connectivity index (χ0n) is 17.3. The second-order valence-corrected chi connectivity index (χ2v) is 9.11. The Morgan fingerprint density at radius 3 is 2.03 bits per heavy atom. The molecule has 0 atom stereocenters. The van der Waals surface area contributed by atoms with Crippen LogP contribution in [0.3, 0.4) is 0 Å². The van der Waals surface area contributed by atoms with E-state index in [0.29, 0.717) is 23.3 Å². The first kappa shape index (κ1) is 21.5. The van der Waals surface area contributed by atoms with E-state index in [1.54, 1.807) is 43.7 Å². The Bertz CT molecular complexity index is 1090. The molecule has 0 saturated heterocycles. The Morgan fingerprint density at radius 1 is 0.933 bits per heavy atom. The topological polar surface area (TPSA) is 83.5 Å². The lowest BCUT2D eigenvalue weighted by Crippen LogP contribution is -2.30. The van der Waals surface area contributed by atoms with Gasteiger partial charge in [-0.15, -0.1) is 0 Å². The fourth-order valence-electron chi connectivity index (χ4n) is 2.89. The molecule has 0 saturated carbocycles. The summed E-state index contributed by atoms with van der Waals surface area (Å²) in [5.41, 5.74) is 2.94. The monoisotopic (exact) mass is 422 g/mol. The molecule has 2 aromatic carbocycles. The molecule has 7 heteroatoms. The lowest BCUT2D eigenvalue weighted by atomic mass is 10.0. The van der Waals surface area contributed by atoms with E-state index >= 15 is 0 Å². The smallest absolute Gasteiger partial charge is 0.206 e. The van der Waals surface area contributed by atoms with Crippen LogP contribution in [0.15, 0.2) is 87.8 Å². The molecule has 3 rings (SSSR count). The van der Waals surface area contributed by atoms with Gasteiger partial charge in [0.1, 0.15) is 0 Å². The predicted octanol–water partition coefficient (Wildman–Crippen LogP) is 4.23. The van der Waals surface area contributed by atoms with Crippen molar-refractivity contribution in [3.8, 4) is 0 Å². The number of benzene rings is 2. The molecule has 0 bridgehead atoms. The lowest BCUT2D eigenvalue weighted by Gasteiger charge is -2.12. The quantitative estimate of drug-likeness (QED) is 0.459. The lowest BCUT2D eigenvalue weighted by molar-refractivity contribution is 0.596. The first-order valence-electron chi connectivity index (χ1n) is 9.72. The molecule has 156 valence electrons. The summed E-state index contributed by atoms with van der Waals surface area (Å²) < 4.78 is 25.8. The summed E-state index contributed by atoms with van der Waals surface area (Å²) in [6.45, 7) is 4.67. The van der Waals surface area contributed by atoms with E-state index in [-0.39, 0.29) is 4.90 Å². The molecule has 30 heavy (non-hydrogen) atoms. The molecule has 1 heterocycles. The van der Waals surface area contributed by atoms with Crippen molar-refractivity contribution < 1.29 is 8.42 Å². The van der Waals surface area contributed by atoms with Crippen molar-refractivity contribution in [3.05, 3.63) is 84.2 Å². The summed E-state index contributed by atoms with van der Waals surface area (Å²) in [6, 6.07) is 17.7. The molecule has 0 aliphatic rings. The van der Waals surface area contributed by atoms with E-state index in [4.69, 9.17) is 0 Å². The van der Waals surface area contributed by atoms with E-state index in [9.17, 15) is 8.42 Å². The van der Waals surface area contributed by atoms with E-state index in [2.05, 4.69) is 34.5 Å². The maximum Gasteiger partial charge on any atom is 0.206 e. The van der Waals surface area contributed by atoms with Crippen molar-refractivity contribution in [2.75, 3.05) is 12.4 Å².